The van der Waals surface area contributed by atoms with Gasteiger partial charge in [0.1, 0.15) is 0 Å². The molecule has 1 N–H and O–H groups in total. The van der Waals surface area contributed by atoms with E-state index >= 15 is 0 Å². The van der Waals surface area contributed by atoms with E-state index in [2.05, 4.69) is 34.8 Å². The van der Waals surface area contributed by atoms with E-state index in [9.17, 15) is 0 Å². The van der Waals surface area contributed by atoms with Gasteiger partial charge < -0.3 is 5.32 Å². The van der Waals surface area contributed by atoms with Gasteiger partial charge in [-0.25, -0.2) is 0 Å². The minimum atomic E-state index is 0.879. The SMILES string of the molecule is C[C@H]1CNCC[C@H]1I. The molecule has 0 amide bonds. The third-order valence-corrected chi connectivity index (χ3v) is 3.53. The van der Waals surface area contributed by atoms with Crippen LogP contribution >= 0.6 is 22.6 Å². The van der Waals surface area contributed by atoms with Crippen LogP contribution in [-0.2, 0) is 0 Å². The van der Waals surface area contributed by atoms with Crippen molar-refractivity contribution in [1.29, 1.82) is 0 Å². The summed E-state index contributed by atoms with van der Waals surface area (Å²) in [5.41, 5.74) is 0. The lowest BCUT2D eigenvalue weighted by Gasteiger charge is -2.24. The summed E-state index contributed by atoms with van der Waals surface area (Å²) in [7, 11) is 0. The van der Waals surface area contributed by atoms with Crippen molar-refractivity contribution in [3.05, 3.63) is 0 Å². The molecule has 1 fully saturated rings. The van der Waals surface area contributed by atoms with Crippen LogP contribution in [0.15, 0.2) is 0 Å². The minimum absolute atomic E-state index is 0.879. The number of rotatable bonds is 0. The van der Waals surface area contributed by atoms with Crippen LogP contribution in [0.3, 0.4) is 0 Å². The summed E-state index contributed by atoms with van der Waals surface area (Å²) in [6, 6.07) is 0. The van der Waals surface area contributed by atoms with Crippen molar-refractivity contribution in [1.82, 2.24) is 5.32 Å². The average molecular weight is 225 g/mol. The third kappa shape index (κ3) is 1.58. The second-order valence-electron chi connectivity index (χ2n) is 2.49. The van der Waals surface area contributed by atoms with E-state index < -0.39 is 0 Å². The monoisotopic (exact) mass is 225 g/mol. The first-order valence-corrected chi connectivity index (χ1v) is 4.40. The number of nitrogens with one attached hydrogen (secondary N) is 1. The molecule has 1 saturated heterocycles. The molecule has 0 aromatic heterocycles. The van der Waals surface area contributed by atoms with Gasteiger partial charge in [-0.05, 0) is 25.4 Å². The van der Waals surface area contributed by atoms with Crippen LogP contribution in [0.1, 0.15) is 13.3 Å². The highest BCUT2D eigenvalue weighted by Crippen LogP contribution is 2.18. The maximum absolute atomic E-state index is 3.36. The molecule has 48 valence electrons. The molecule has 0 saturated carbocycles. The maximum Gasteiger partial charge on any atom is 0.0159 e. The fraction of sp³-hybridized carbons (Fsp3) is 1.00. The Morgan fingerprint density at radius 3 is 2.75 bits per heavy atom. The van der Waals surface area contributed by atoms with Crippen LogP contribution in [0.2, 0.25) is 0 Å². The van der Waals surface area contributed by atoms with Crippen molar-refractivity contribution in [2.24, 2.45) is 5.92 Å². The van der Waals surface area contributed by atoms with Gasteiger partial charge in [-0.1, -0.05) is 29.5 Å². The summed E-state index contributed by atoms with van der Waals surface area (Å²) in [6.45, 7) is 4.74. The van der Waals surface area contributed by atoms with Gasteiger partial charge in [0.05, 0.1) is 0 Å². The molecule has 1 nitrogen and oxygen atoms in total. The maximum atomic E-state index is 3.36. The smallest absolute Gasteiger partial charge is 0.0159 e. The van der Waals surface area contributed by atoms with Crippen molar-refractivity contribution in [3.63, 3.8) is 0 Å². The van der Waals surface area contributed by atoms with Crippen molar-refractivity contribution in [3.8, 4) is 0 Å². The lowest BCUT2D eigenvalue weighted by atomic mass is 10.0. The molecule has 8 heavy (non-hydrogen) atoms. The van der Waals surface area contributed by atoms with Gasteiger partial charge in [0.2, 0.25) is 0 Å². The van der Waals surface area contributed by atoms with Crippen LogP contribution in [0.4, 0.5) is 0 Å². The highest BCUT2D eigenvalue weighted by atomic mass is 127. The van der Waals surface area contributed by atoms with E-state index in [0.717, 1.165) is 9.84 Å². The molecule has 2 heteroatoms. The molecule has 0 spiro atoms. The molecule has 1 aliphatic heterocycles. The third-order valence-electron chi connectivity index (χ3n) is 1.68. The van der Waals surface area contributed by atoms with Crippen molar-refractivity contribution in [2.45, 2.75) is 17.3 Å². The standard InChI is InChI=1S/C6H12IN/c1-5-4-8-3-2-6(5)7/h5-6,8H,2-4H2,1H3/t5-,6+/m0/s1. The van der Waals surface area contributed by atoms with E-state index in [1.807, 2.05) is 0 Å². The van der Waals surface area contributed by atoms with Gasteiger partial charge in [-0.15, -0.1) is 0 Å². The Balaban J connectivity index is 2.28. The predicted octanol–water partition coefficient (Wildman–Crippen LogP) is 1.42. The predicted molar refractivity (Wildman–Crippen MR) is 44.5 cm³/mol. The number of piperidine rings is 1. The highest BCUT2D eigenvalue weighted by molar-refractivity contribution is 14.1. The largest absolute Gasteiger partial charge is 0.316 e. The van der Waals surface area contributed by atoms with E-state index in [4.69, 9.17) is 0 Å². The second kappa shape index (κ2) is 3.01. The quantitative estimate of drug-likeness (QED) is 0.485. The number of halogens is 1. The zero-order valence-corrected chi connectivity index (χ0v) is 7.31. The van der Waals surface area contributed by atoms with E-state index in [1.165, 1.54) is 19.5 Å². The highest BCUT2D eigenvalue weighted by Gasteiger charge is 2.16. The van der Waals surface area contributed by atoms with Crippen LogP contribution in [0.5, 0.6) is 0 Å². The Kier molecular flexibility index (Phi) is 2.56. The van der Waals surface area contributed by atoms with Gasteiger partial charge in [0.25, 0.3) is 0 Å². The molecular weight excluding hydrogens is 213 g/mol. The summed E-state index contributed by atoms with van der Waals surface area (Å²) in [4.78, 5) is 0. The lowest BCUT2D eigenvalue weighted by molar-refractivity contribution is 0.428. The first-order chi connectivity index (χ1) is 3.80. The van der Waals surface area contributed by atoms with Crippen LogP contribution < -0.4 is 5.32 Å². The topological polar surface area (TPSA) is 12.0 Å². The summed E-state index contributed by atoms with van der Waals surface area (Å²) in [5.74, 6) is 0.879. The summed E-state index contributed by atoms with van der Waals surface area (Å²) >= 11 is 2.54. The molecular formula is C6H12IN. The molecule has 2 atom stereocenters. The molecule has 0 radical (unpaired) electrons. The summed E-state index contributed by atoms with van der Waals surface area (Å²) < 4.78 is 0.911. The number of hydrogen-bond acceptors (Lipinski definition) is 1. The van der Waals surface area contributed by atoms with Crippen LogP contribution in [0, 0.1) is 5.92 Å². The fourth-order valence-electron chi connectivity index (χ4n) is 0.982. The summed E-state index contributed by atoms with van der Waals surface area (Å²) in [5, 5.41) is 3.36. The normalized spacial score (nSPS) is 39.8. The van der Waals surface area contributed by atoms with Gasteiger partial charge in [-0.3, -0.25) is 0 Å². The molecule has 0 aromatic rings. The Hall–Kier alpha value is 0.690. The van der Waals surface area contributed by atoms with Crippen molar-refractivity contribution < 1.29 is 0 Å². The average Bonchev–Trinajstić information content (AvgIpc) is 1.77. The van der Waals surface area contributed by atoms with Gasteiger partial charge >= 0.3 is 0 Å². The summed E-state index contributed by atoms with van der Waals surface area (Å²) in [6.07, 6.45) is 1.35. The van der Waals surface area contributed by atoms with Crippen molar-refractivity contribution >= 4 is 22.6 Å². The molecule has 0 aliphatic carbocycles. The van der Waals surface area contributed by atoms with Crippen LogP contribution in [0.25, 0.3) is 0 Å². The first-order valence-electron chi connectivity index (χ1n) is 3.15. The lowest BCUT2D eigenvalue weighted by Crippen LogP contribution is -2.35. The molecule has 0 bridgehead atoms. The second-order valence-corrected chi connectivity index (χ2v) is 4.09. The molecule has 0 aromatic carbocycles. The van der Waals surface area contributed by atoms with Gasteiger partial charge in [-0.2, -0.15) is 0 Å². The Morgan fingerprint density at radius 2 is 2.38 bits per heavy atom. The minimum Gasteiger partial charge on any atom is -0.316 e. The van der Waals surface area contributed by atoms with Gasteiger partial charge in [0.15, 0.2) is 0 Å². The van der Waals surface area contributed by atoms with E-state index in [-0.39, 0.29) is 0 Å². The number of hydrogen-bond donors (Lipinski definition) is 1. The van der Waals surface area contributed by atoms with Gasteiger partial charge in [0, 0.05) is 3.92 Å². The van der Waals surface area contributed by atoms with Crippen LogP contribution in [-0.4, -0.2) is 17.0 Å². The number of alkyl halides is 1. The Labute approximate surface area is 64.4 Å². The zero-order chi connectivity index (χ0) is 5.98. The Morgan fingerprint density at radius 1 is 1.62 bits per heavy atom. The molecule has 0 unspecified atom stereocenters. The Bertz CT molecular complexity index is 64.9. The molecule has 1 rings (SSSR count). The van der Waals surface area contributed by atoms with E-state index in [0.29, 0.717) is 0 Å². The fourth-order valence-corrected chi connectivity index (χ4v) is 1.55. The molecule has 1 heterocycles. The molecule has 1 aliphatic rings. The van der Waals surface area contributed by atoms with Crippen molar-refractivity contribution in [2.75, 3.05) is 13.1 Å². The first kappa shape index (κ1) is 6.81. The van der Waals surface area contributed by atoms with E-state index in [1.54, 1.807) is 0 Å². The zero-order valence-electron chi connectivity index (χ0n) is 5.15.